The molecule has 0 amide bonds. The summed E-state index contributed by atoms with van der Waals surface area (Å²) < 4.78 is 30.6. The molecule has 0 bridgehead atoms. The van der Waals surface area contributed by atoms with E-state index in [2.05, 4.69) is 6.07 Å². The van der Waals surface area contributed by atoms with Crippen LogP contribution in [0.15, 0.2) is 47.4 Å². The van der Waals surface area contributed by atoms with E-state index in [1.54, 1.807) is 12.1 Å². The van der Waals surface area contributed by atoms with Gasteiger partial charge in [-0.15, -0.1) is 0 Å². The predicted molar refractivity (Wildman–Crippen MR) is 82.5 cm³/mol. The SMILES string of the molecule is Cc1ccc(S(=O)(=O)CC2Cc3cc(C)ccc3O2)cc1. The van der Waals surface area contributed by atoms with Crippen LogP contribution in [0.25, 0.3) is 0 Å². The summed E-state index contributed by atoms with van der Waals surface area (Å²) in [5, 5.41) is 0. The lowest BCUT2D eigenvalue weighted by Gasteiger charge is -2.11. The Morgan fingerprint density at radius 3 is 2.43 bits per heavy atom. The molecule has 0 fully saturated rings. The highest BCUT2D eigenvalue weighted by Gasteiger charge is 2.28. The van der Waals surface area contributed by atoms with Crippen LogP contribution in [0.3, 0.4) is 0 Å². The van der Waals surface area contributed by atoms with Gasteiger partial charge in [0.05, 0.1) is 10.6 Å². The monoisotopic (exact) mass is 302 g/mol. The van der Waals surface area contributed by atoms with Crippen molar-refractivity contribution in [2.75, 3.05) is 5.75 Å². The number of rotatable bonds is 3. The Kier molecular flexibility index (Phi) is 3.49. The standard InChI is InChI=1S/C17H18O3S/c1-12-3-6-16(7-4-12)21(18,19)11-15-10-14-9-13(2)5-8-17(14)20-15/h3-9,15H,10-11H2,1-2H3. The van der Waals surface area contributed by atoms with Crippen LogP contribution in [0.5, 0.6) is 5.75 Å². The van der Waals surface area contributed by atoms with Crippen LogP contribution in [-0.4, -0.2) is 20.3 Å². The van der Waals surface area contributed by atoms with E-state index in [0.29, 0.717) is 11.3 Å². The Morgan fingerprint density at radius 2 is 1.71 bits per heavy atom. The minimum absolute atomic E-state index is 0.0176. The molecule has 0 N–H and O–H groups in total. The molecule has 1 unspecified atom stereocenters. The largest absolute Gasteiger partial charge is 0.489 e. The van der Waals surface area contributed by atoms with Crippen molar-refractivity contribution in [2.24, 2.45) is 0 Å². The second kappa shape index (κ2) is 5.19. The third-order valence-electron chi connectivity index (χ3n) is 3.74. The van der Waals surface area contributed by atoms with Gasteiger partial charge in [-0.2, -0.15) is 0 Å². The second-order valence-electron chi connectivity index (χ2n) is 5.65. The molecule has 0 saturated carbocycles. The molecule has 0 radical (unpaired) electrons. The molecule has 0 aromatic heterocycles. The van der Waals surface area contributed by atoms with Crippen LogP contribution in [0.1, 0.15) is 16.7 Å². The molecule has 1 aliphatic rings. The van der Waals surface area contributed by atoms with Gasteiger partial charge in [0.25, 0.3) is 0 Å². The molecular formula is C17H18O3S. The molecule has 3 nitrogen and oxygen atoms in total. The number of sulfone groups is 1. The fourth-order valence-electron chi connectivity index (χ4n) is 2.63. The van der Waals surface area contributed by atoms with Crippen molar-refractivity contribution in [3.05, 3.63) is 59.2 Å². The first-order valence-electron chi connectivity index (χ1n) is 7.00. The number of hydrogen-bond acceptors (Lipinski definition) is 3. The van der Waals surface area contributed by atoms with E-state index in [1.807, 2.05) is 38.1 Å². The van der Waals surface area contributed by atoms with Gasteiger partial charge in [-0.25, -0.2) is 8.42 Å². The van der Waals surface area contributed by atoms with E-state index in [1.165, 1.54) is 5.56 Å². The van der Waals surface area contributed by atoms with E-state index < -0.39 is 9.84 Å². The van der Waals surface area contributed by atoms with E-state index in [4.69, 9.17) is 4.74 Å². The highest BCUT2D eigenvalue weighted by molar-refractivity contribution is 7.91. The highest BCUT2D eigenvalue weighted by Crippen LogP contribution is 2.30. The van der Waals surface area contributed by atoms with Gasteiger partial charge >= 0.3 is 0 Å². The fraction of sp³-hybridized carbons (Fsp3) is 0.294. The van der Waals surface area contributed by atoms with Crippen LogP contribution in [-0.2, 0) is 16.3 Å². The Morgan fingerprint density at radius 1 is 1.05 bits per heavy atom. The topological polar surface area (TPSA) is 43.4 Å². The van der Waals surface area contributed by atoms with Gasteiger partial charge in [0.15, 0.2) is 9.84 Å². The number of aryl methyl sites for hydroxylation is 2. The third-order valence-corrected chi connectivity index (χ3v) is 5.54. The Hall–Kier alpha value is -1.81. The molecule has 2 aromatic rings. The number of ether oxygens (including phenoxy) is 1. The Bertz CT molecular complexity index is 761. The minimum Gasteiger partial charge on any atom is -0.489 e. The van der Waals surface area contributed by atoms with Crippen molar-refractivity contribution in [1.82, 2.24) is 0 Å². The first kappa shape index (κ1) is 14.1. The number of hydrogen-bond donors (Lipinski definition) is 0. The summed E-state index contributed by atoms with van der Waals surface area (Å²) in [4.78, 5) is 0.365. The quantitative estimate of drug-likeness (QED) is 0.875. The molecule has 3 rings (SSSR count). The van der Waals surface area contributed by atoms with Crippen molar-refractivity contribution in [1.29, 1.82) is 0 Å². The molecule has 0 spiro atoms. The van der Waals surface area contributed by atoms with Crippen LogP contribution in [0.4, 0.5) is 0 Å². The van der Waals surface area contributed by atoms with Crippen LogP contribution < -0.4 is 4.74 Å². The van der Waals surface area contributed by atoms with Crippen LogP contribution in [0.2, 0.25) is 0 Å². The van der Waals surface area contributed by atoms with Gasteiger partial charge in [-0.3, -0.25) is 0 Å². The van der Waals surface area contributed by atoms with Gasteiger partial charge in [0.1, 0.15) is 11.9 Å². The van der Waals surface area contributed by atoms with Crippen LogP contribution in [0, 0.1) is 13.8 Å². The van der Waals surface area contributed by atoms with Crippen LogP contribution >= 0.6 is 0 Å². The van der Waals surface area contributed by atoms with Gasteiger partial charge < -0.3 is 4.74 Å². The Balaban J connectivity index is 1.77. The zero-order valence-corrected chi connectivity index (χ0v) is 13.0. The minimum atomic E-state index is -3.31. The molecule has 110 valence electrons. The summed E-state index contributed by atoms with van der Waals surface area (Å²) in [7, 11) is -3.31. The van der Waals surface area contributed by atoms with Gasteiger partial charge in [-0.1, -0.05) is 35.4 Å². The lowest BCUT2D eigenvalue weighted by atomic mass is 10.1. The van der Waals surface area contributed by atoms with Crippen molar-refractivity contribution < 1.29 is 13.2 Å². The van der Waals surface area contributed by atoms with Crippen molar-refractivity contribution >= 4 is 9.84 Å². The molecule has 1 aliphatic heterocycles. The van der Waals surface area contributed by atoms with E-state index in [0.717, 1.165) is 16.9 Å². The Labute approximate surface area is 125 Å². The first-order chi connectivity index (χ1) is 9.94. The van der Waals surface area contributed by atoms with Crippen molar-refractivity contribution in [3.8, 4) is 5.75 Å². The molecule has 0 saturated heterocycles. The van der Waals surface area contributed by atoms with E-state index in [-0.39, 0.29) is 11.9 Å². The summed E-state index contributed by atoms with van der Waals surface area (Å²) in [5.74, 6) is 0.828. The number of fused-ring (bicyclic) bond motifs is 1. The summed E-state index contributed by atoms with van der Waals surface area (Å²) in [6.45, 7) is 3.96. The molecule has 1 heterocycles. The van der Waals surface area contributed by atoms with E-state index in [9.17, 15) is 8.42 Å². The highest BCUT2D eigenvalue weighted by atomic mass is 32.2. The number of benzene rings is 2. The van der Waals surface area contributed by atoms with Gasteiger partial charge in [0.2, 0.25) is 0 Å². The second-order valence-corrected chi connectivity index (χ2v) is 7.68. The molecule has 4 heteroatoms. The average Bonchev–Trinajstić information content (AvgIpc) is 2.79. The predicted octanol–water partition coefficient (Wildman–Crippen LogP) is 3.08. The summed E-state index contributed by atoms with van der Waals surface area (Å²) >= 11 is 0. The summed E-state index contributed by atoms with van der Waals surface area (Å²) in [5.41, 5.74) is 3.31. The zero-order valence-electron chi connectivity index (χ0n) is 12.2. The molecule has 2 aromatic carbocycles. The van der Waals surface area contributed by atoms with Gasteiger partial charge in [0, 0.05) is 6.42 Å². The average molecular weight is 302 g/mol. The first-order valence-corrected chi connectivity index (χ1v) is 8.65. The maximum atomic E-state index is 12.4. The van der Waals surface area contributed by atoms with Crippen molar-refractivity contribution in [2.45, 2.75) is 31.3 Å². The maximum Gasteiger partial charge on any atom is 0.182 e. The molecular weight excluding hydrogens is 284 g/mol. The third kappa shape index (κ3) is 2.95. The lowest BCUT2D eigenvalue weighted by Crippen LogP contribution is -2.25. The zero-order chi connectivity index (χ0) is 15.0. The molecule has 1 atom stereocenters. The smallest absolute Gasteiger partial charge is 0.182 e. The van der Waals surface area contributed by atoms with Crippen molar-refractivity contribution in [3.63, 3.8) is 0 Å². The summed E-state index contributed by atoms with van der Waals surface area (Å²) in [6.07, 6.45) is 0.357. The normalized spacial score (nSPS) is 17.3. The maximum absolute atomic E-state index is 12.4. The summed E-state index contributed by atoms with van der Waals surface area (Å²) in [6, 6.07) is 12.9. The van der Waals surface area contributed by atoms with E-state index >= 15 is 0 Å². The molecule has 0 aliphatic carbocycles. The van der Waals surface area contributed by atoms with Gasteiger partial charge in [-0.05, 0) is 37.6 Å². The fourth-order valence-corrected chi connectivity index (χ4v) is 4.05. The lowest BCUT2D eigenvalue weighted by molar-refractivity contribution is 0.256. The molecule has 21 heavy (non-hydrogen) atoms.